The standard InChI is InChI=1S/C12H26N2O.C8H20N2.C4H8O/c1-4-6-7-8-9-10-11-13-14-12(3,15)5-2;1-2-3-4-5-6-7-8-10-9;1-3-4(2)5/h15H,4-11H2,1-3H3;10H,2-9H2,1H3;3H2,1-2H3. The molecule has 0 saturated carbocycles. The maximum atomic E-state index is 9.81. The van der Waals surface area contributed by atoms with Crippen molar-refractivity contribution in [2.45, 2.75) is 137 Å². The first-order valence-corrected chi connectivity index (χ1v) is 12.3. The highest BCUT2D eigenvalue weighted by atomic mass is 16.3. The fourth-order valence-corrected chi connectivity index (χ4v) is 2.24. The highest BCUT2D eigenvalue weighted by Crippen LogP contribution is 2.11. The van der Waals surface area contributed by atoms with Crippen molar-refractivity contribution in [3.05, 3.63) is 0 Å². The number of hydrogen-bond donors (Lipinski definition) is 3. The molecule has 4 N–H and O–H groups in total. The van der Waals surface area contributed by atoms with Crippen molar-refractivity contribution in [2.75, 3.05) is 13.1 Å². The zero-order valence-electron chi connectivity index (χ0n) is 21.1. The fraction of sp³-hybridized carbons (Fsp3) is 0.958. The van der Waals surface area contributed by atoms with Crippen molar-refractivity contribution in [1.82, 2.24) is 5.43 Å². The number of Topliss-reactive ketones (excluding diaryl/α,β-unsaturated/α-hetero) is 1. The van der Waals surface area contributed by atoms with Gasteiger partial charge in [0.25, 0.3) is 0 Å². The van der Waals surface area contributed by atoms with Gasteiger partial charge in [0.2, 0.25) is 0 Å². The number of nitrogens with two attached hydrogens (primary N) is 1. The Morgan fingerprint density at radius 1 is 0.867 bits per heavy atom. The van der Waals surface area contributed by atoms with Gasteiger partial charge in [-0.15, -0.1) is 0 Å². The molecule has 0 aromatic carbocycles. The van der Waals surface area contributed by atoms with E-state index in [9.17, 15) is 9.90 Å². The van der Waals surface area contributed by atoms with E-state index < -0.39 is 5.72 Å². The number of nitrogens with one attached hydrogen (secondary N) is 1. The van der Waals surface area contributed by atoms with Crippen LogP contribution >= 0.6 is 0 Å². The molecule has 0 aromatic rings. The summed E-state index contributed by atoms with van der Waals surface area (Å²) in [4.78, 5) is 9.81. The lowest BCUT2D eigenvalue weighted by molar-refractivity contribution is -0.116. The van der Waals surface area contributed by atoms with Crippen molar-refractivity contribution < 1.29 is 9.90 Å². The average Bonchev–Trinajstić information content (AvgIpc) is 2.73. The highest BCUT2D eigenvalue weighted by molar-refractivity contribution is 5.74. The summed E-state index contributed by atoms with van der Waals surface area (Å²) in [7, 11) is 0. The molecule has 0 radical (unpaired) electrons. The Hall–Kier alpha value is -0.850. The maximum Gasteiger partial charge on any atom is 0.172 e. The fourth-order valence-electron chi connectivity index (χ4n) is 2.24. The van der Waals surface area contributed by atoms with E-state index in [1.165, 1.54) is 70.6 Å². The predicted octanol–water partition coefficient (Wildman–Crippen LogP) is 6.71. The summed E-state index contributed by atoms with van der Waals surface area (Å²) >= 11 is 0. The first-order chi connectivity index (χ1) is 14.3. The van der Waals surface area contributed by atoms with Gasteiger partial charge in [0.15, 0.2) is 5.72 Å². The number of unbranched alkanes of at least 4 members (excludes halogenated alkanes) is 10. The summed E-state index contributed by atoms with van der Waals surface area (Å²) in [5.74, 6) is 5.37. The van der Waals surface area contributed by atoms with Crippen LogP contribution < -0.4 is 11.3 Å². The molecule has 0 aliphatic carbocycles. The Balaban J connectivity index is -0.000000417. The van der Waals surface area contributed by atoms with Gasteiger partial charge in [-0.3, -0.25) is 11.3 Å². The van der Waals surface area contributed by atoms with Gasteiger partial charge in [-0.25, -0.2) is 0 Å². The monoisotopic (exact) mass is 430 g/mol. The summed E-state index contributed by atoms with van der Waals surface area (Å²) in [5, 5.41) is 17.4. The number of rotatable bonds is 17. The summed E-state index contributed by atoms with van der Waals surface area (Å²) in [6, 6.07) is 0. The normalized spacial score (nSPS) is 12.5. The smallest absolute Gasteiger partial charge is 0.172 e. The average molecular weight is 431 g/mol. The molecule has 0 aromatic heterocycles. The summed E-state index contributed by atoms with van der Waals surface area (Å²) < 4.78 is 0. The summed E-state index contributed by atoms with van der Waals surface area (Å²) in [5.41, 5.74) is 1.70. The molecular weight excluding hydrogens is 376 g/mol. The molecule has 0 saturated heterocycles. The van der Waals surface area contributed by atoms with Gasteiger partial charge in [-0.05, 0) is 33.1 Å². The van der Waals surface area contributed by atoms with E-state index in [0.29, 0.717) is 12.8 Å². The van der Waals surface area contributed by atoms with Crippen molar-refractivity contribution in [1.29, 1.82) is 0 Å². The third kappa shape index (κ3) is 37.8. The maximum absolute atomic E-state index is 9.81. The lowest BCUT2D eigenvalue weighted by Gasteiger charge is -2.12. The van der Waals surface area contributed by atoms with Crippen LogP contribution in [0.1, 0.15) is 131 Å². The van der Waals surface area contributed by atoms with E-state index in [2.05, 4.69) is 29.5 Å². The van der Waals surface area contributed by atoms with E-state index in [1.54, 1.807) is 13.8 Å². The van der Waals surface area contributed by atoms with Gasteiger partial charge in [-0.2, -0.15) is 10.2 Å². The molecule has 1 atom stereocenters. The Morgan fingerprint density at radius 3 is 1.70 bits per heavy atom. The first kappa shape index (κ1) is 33.8. The van der Waals surface area contributed by atoms with Crippen molar-refractivity contribution in [2.24, 2.45) is 16.1 Å². The number of carbonyl (C=O) groups excluding carboxylic acids is 1. The van der Waals surface area contributed by atoms with Gasteiger partial charge >= 0.3 is 0 Å². The SMILES string of the molecule is CCC(C)=O.CCCCCCCCN=NC(C)(O)CC.CCCCCCCCNN. The zero-order valence-corrected chi connectivity index (χ0v) is 21.1. The van der Waals surface area contributed by atoms with Crippen LogP contribution in [-0.2, 0) is 4.79 Å². The molecule has 0 aliphatic heterocycles. The van der Waals surface area contributed by atoms with Crippen molar-refractivity contribution >= 4 is 5.78 Å². The number of carbonyl (C=O) groups is 1. The van der Waals surface area contributed by atoms with Crippen LogP contribution in [0.15, 0.2) is 10.2 Å². The lowest BCUT2D eigenvalue weighted by atomic mass is 10.1. The van der Waals surface area contributed by atoms with Gasteiger partial charge in [0.1, 0.15) is 5.78 Å². The van der Waals surface area contributed by atoms with E-state index in [4.69, 9.17) is 5.84 Å². The minimum Gasteiger partial charge on any atom is -0.368 e. The third-order valence-electron chi connectivity index (χ3n) is 4.74. The molecule has 30 heavy (non-hydrogen) atoms. The van der Waals surface area contributed by atoms with Gasteiger partial charge in [0, 0.05) is 13.0 Å². The number of nitrogens with zero attached hydrogens (tertiary/aromatic N) is 2. The van der Waals surface area contributed by atoms with E-state index in [-0.39, 0.29) is 5.78 Å². The molecular formula is C24H54N4O2. The number of ketones is 1. The van der Waals surface area contributed by atoms with E-state index in [0.717, 1.165) is 19.5 Å². The molecule has 182 valence electrons. The number of aliphatic hydroxyl groups is 1. The van der Waals surface area contributed by atoms with Crippen LogP contribution in [0.2, 0.25) is 0 Å². The second-order valence-corrected chi connectivity index (χ2v) is 8.08. The summed E-state index contributed by atoms with van der Waals surface area (Å²) in [6.45, 7) is 13.2. The van der Waals surface area contributed by atoms with Crippen LogP contribution in [0, 0.1) is 0 Å². The van der Waals surface area contributed by atoms with Crippen LogP contribution in [0.3, 0.4) is 0 Å². The molecule has 0 aliphatic rings. The summed E-state index contributed by atoms with van der Waals surface area (Å²) in [6.07, 6.45) is 16.9. The largest absolute Gasteiger partial charge is 0.368 e. The molecule has 0 heterocycles. The molecule has 0 rings (SSSR count). The van der Waals surface area contributed by atoms with E-state index >= 15 is 0 Å². The zero-order chi connectivity index (χ0) is 23.5. The van der Waals surface area contributed by atoms with Crippen LogP contribution in [0.5, 0.6) is 0 Å². The minimum absolute atomic E-state index is 0.255. The molecule has 0 spiro atoms. The first-order valence-electron chi connectivity index (χ1n) is 12.3. The number of hydrogen-bond acceptors (Lipinski definition) is 6. The molecule has 6 heteroatoms. The predicted molar refractivity (Wildman–Crippen MR) is 131 cm³/mol. The highest BCUT2D eigenvalue weighted by Gasteiger charge is 2.14. The van der Waals surface area contributed by atoms with E-state index in [1.807, 2.05) is 13.8 Å². The second-order valence-electron chi connectivity index (χ2n) is 8.08. The quantitative estimate of drug-likeness (QED) is 0.103. The molecule has 6 nitrogen and oxygen atoms in total. The molecule has 1 unspecified atom stereocenters. The number of azo groups is 1. The third-order valence-corrected chi connectivity index (χ3v) is 4.74. The Bertz CT molecular complexity index is 353. The Kier molecular flexibility index (Phi) is 31.7. The van der Waals surface area contributed by atoms with Crippen molar-refractivity contribution in [3.8, 4) is 0 Å². The molecule has 0 fully saturated rings. The van der Waals surface area contributed by atoms with Gasteiger partial charge in [0.05, 0.1) is 6.54 Å². The second kappa shape index (κ2) is 28.1. The van der Waals surface area contributed by atoms with Gasteiger partial charge in [-0.1, -0.05) is 91.9 Å². The van der Waals surface area contributed by atoms with Crippen LogP contribution in [0.25, 0.3) is 0 Å². The topological polar surface area (TPSA) is 100 Å². The Labute approximate surface area is 187 Å². The number of hydrazine groups is 1. The minimum atomic E-state index is -0.956. The van der Waals surface area contributed by atoms with Crippen LogP contribution in [-0.4, -0.2) is 29.7 Å². The lowest BCUT2D eigenvalue weighted by Crippen LogP contribution is -2.22. The molecule has 0 amide bonds. The molecule has 0 bridgehead atoms. The van der Waals surface area contributed by atoms with Gasteiger partial charge < -0.3 is 9.90 Å². The van der Waals surface area contributed by atoms with Crippen molar-refractivity contribution in [3.63, 3.8) is 0 Å². The Morgan fingerprint density at radius 2 is 1.30 bits per heavy atom. The van der Waals surface area contributed by atoms with Crippen LogP contribution in [0.4, 0.5) is 0 Å².